The molecule has 1 aromatic heterocycles. The smallest absolute Gasteiger partial charge is 0.135 e. The molecular formula is C15H17FN2O. The molecule has 0 aliphatic heterocycles. The highest BCUT2D eigenvalue weighted by atomic mass is 19.1. The van der Waals surface area contributed by atoms with E-state index in [-0.39, 0.29) is 5.82 Å². The fourth-order valence-corrected chi connectivity index (χ4v) is 2.00. The third-order valence-corrected chi connectivity index (χ3v) is 2.98. The Labute approximate surface area is 112 Å². The summed E-state index contributed by atoms with van der Waals surface area (Å²) in [6.07, 6.45) is 0. The van der Waals surface area contributed by atoms with E-state index in [1.54, 1.807) is 13.0 Å². The molecule has 0 radical (unpaired) electrons. The van der Waals surface area contributed by atoms with Gasteiger partial charge in [-0.1, -0.05) is 0 Å². The Morgan fingerprint density at radius 1 is 1.16 bits per heavy atom. The first kappa shape index (κ1) is 13.5. The molecule has 0 aliphatic carbocycles. The van der Waals surface area contributed by atoms with Gasteiger partial charge in [-0.15, -0.1) is 0 Å². The fourth-order valence-electron chi connectivity index (χ4n) is 2.00. The van der Waals surface area contributed by atoms with E-state index in [0.29, 0.717) is 18.0 Å². The summed E-state index contributed by atoms with van der Waals surface area (Å²) >= 11 is 0. The van der Waals surface area contributed by atoms with Crippen LogP contribution in [0.25, 0.3) is 0 Å². The summed E-state index contributed by atoms with van der Waals surface area (Å²) in [5.41, 5.74) is 9.08. The van der Waals surface area contributed by atoms with E-state index in [1.807, 2.05) is 19.9 Å². The van der Waals surface area contributed by atoms with Crippen molar-refractivity contribution in [2.45, 2.75) is 27.3 Å². The minimum Gasteiger partial charge on any atom is -0.457 e. The lowest BCUT2D eigenvalue weighted by Gasteiger charge is -2.14. The van der Waals surface area contributed by atoms with Crippen molar-refractivity contribution in [2.75, 3.05) is 0 Å². The number of rotatable bonds is 3. The van der Waals surface area contributed by atoms with Crippen LogP contribution >= 0.6 is 0 Å². The van der Waals surface area contributed by atoms with Crippen LogP contribution in [0.5, 0.6) is 11.5 Å². The van der Waals surface area contributed by atoms with Crippen molar-refractivity contribution in [2.24, 2.45) is 5.73 Å². The average molecular weight is 260 g/mol. The Morgan fingerprint density at radius 2 is 1.89 bits per heavy atom. The van der Waals surface area contributed by atoms with Gasteiger partial charge in [-0.2, -0.15) is 0 Å². The van der Waals surface area contributed by atoms with Crippen molar-refractivity contribution in [1.29, 1.82) is 0 Å². The van der Waals surface area contributed by atoms with Gasteiger partial charge in [-0.25, -0.2) is 4.39 Å². The number of aromatic nitrogens is 1. The standard InChI is InChI=1S/C15H17FN2O/c1-9-6-12(16)4-5-14(9)19-15-7-10(2)18-11(3)13(15)8-17/h4-7H,8,17H2,1-3H3. The maximum atomic E-state index is 13.1. The molecule has 2 rings (SSSR count). The normalized spacial score (nSPS) is 10.6. The van der Waals surface area contributed by atoms with Gasteiger partial charge in [0.2, 0.25) is 0 Å². The zero-order valence-corrected chi connectivity index (χ0v) is 11.3. The first-order chi connectivity index (χ1) is 9.01. The molecule has 0 bridgehead atoms. The SMILES string of the molecule is Cc1cc(Oc2ccc(F)cc2C)c(CN)c(C)n1. The van der Waals surface area contributed by atoms with Crippen LogP contribution in [-0.2, 0) is 6.54 Å². The zero-order valence-electron chi connectivity index (χ0n) is 11.3. The molecule has 0 atom stereocenters. The quantitative estimate of drug-likeness (QED) is 0.920. The van der Waals surface area contributed by atoms with Crippen LogP contribution in [0.1, 0.15) is 22.5 Å². The van der Waals surface area contributed by atoms with Gasteiger partial charge in [-0.05, 0) is 44.5 Å². The molecule has 100 valence electrons. The van der Waals surface area contributed by atoms with Crippen molar-refractivity contribution in [3.05, 3.63) is 52.6 Å². The number of pyridine rings is 1. The third kappa shape index (κ3) is 2.90. The molecule has 19 heavy (non-hydrogen) atoms. The van der Waals surface area contributed by atoms with Gasteiger partial charge < -0.3 is 10.5 Å². The number of benzene rings is 1. The summed E-state index contributed by atoms with van der Waals surface area (Å²) in [7, 11) is 0. The van der Waals surface area contributed by atoms with Crippen molar-refractivity contribution in [3.8, 4) is 11.5 Å². The number of halogens is 1. The van der Waals surface area contributed by atoms with E-state index < -0.39 is 0 Å². The minimum absolute atomic E-state index is 0.272. The van der Waals surface area contributed by atoms with Gasteiger partial charge in [0.15, 0.2) is 0 Å². The van der Waals surface area contributed by atoms with Crippen LogP contribution in [-0.4, -0.2) is 4.98 Å². The molecule has 0 amide bonds. The Hall–Kier alpha value is -1.94. The molecule has 2 aromatic rings. The largest absolute Gasteiger partial charge is 0.457 e. The molecule has 4 heteroatoms. The molecule has 0 fully saturated rings. The lowest BCUT2D eigenvalue weighted by molar-refractivity contribution is 0.468. The molecule has 3 nitrogen and oxygen atoms in total. The number of ether oxygens (including phenoxy) is 1. The fraction of sp³-hybridized carbons (Fsp3) is 0.267. The highest BCUT2D eigenvalue weighted by Crippen LogP contribution is 2.29. The van der Waals surface area contributed by atoms with E-state index in [0.717, 1.165) is 22.5 Å². The topological polar surface area (TPSA) is 48.1 Å². The number of nitrogens with zero attached hydrogens (tertiary/aromatic N) is 1. The molecule has 2 N–H and O–H groups in total. The Bertz CT molecular complexity index is 611. The number of hydrogen-bond acceptors (Lipinski definition) is 3. The second-order valence-electron chi connectivity index (χ2n) is 4.54. The lowest BCUT2D eigenvalue weighted by Crippen LogP contribution is -2.05. The van der Waals surface area contributed by atoms with E-state index in [9.17, 15) is 4.39 Å². The maximum absolute atomic E-state index is 13.1. The summed E-state index contributed by atoms with van der Waals surface area (Å²) in [6.45, 7) is 5.97. The van der Waals surface area contributed by atoms with Gasteiger partial charge in [0, 0.05) is 29.6 Å². The van der Waals surface area contributed by atoms with Gasteiger partial charge in [0.1, 0.15) is 17.3 Å². The molecule has 0 unspecified atom stereocenters. The van der Waals surface area contributed by atoms with Gasteiger partial charge in [-0.3, -0.25) is 4.98 Å². The molecule has 1 aromatic carbocycles. The number of aryl methyl sites for hydroxylation is 3. The van der Waals surface area contributed by atoms with Crippen molar-refractivity contribution >= 4 is 0 Å². The monoisotopic (exact) mass is 260 g/mol. The van der Waals surface area contributed by atoms with Crippen LogP contribution in [0, 0.1) is 26.6 Å². The molecule has 0 spiro atoms. The van der Waals surface area contributed by atoms with Crippen molar-refractivity contribution in [1.82, 2.24) is 4.98 Å². The van der Waals surface area contributed by atoms with E-state index in [1.165, 1.54) is 12.1 Å². The van der Waals surface area contributed by atoms with Crippen molar-refractivity contribution < 1.29 is 9.13 Å². The maximum Gasteiger partial charge on any atom is 0.135 e. The van der Waals surface area contributed by atoms with E-state index >= 15 is 0 Å². The first-order valence-corrected chi connectivity index (χ1v) is 6.12. The number of hydrogen-bond donors (Lipinski definition) is 1. The zero-order chi connectivity index (χ0) is 14.0. The highest BCUT2D eigenvalue weighted by molar-refractivity contribution is 5.43. The lowest BCUT2D eigenvalue weighted by atomic mass is 10.1. The predicted molar refractivity (Wildman–Crippen MR) is 72.8 cm³/mol. The highest BCUT2D eigenvalue weighted by Gasteiger charge is 2.10. The Balaban J connectivity index is 2.42. The predicted octanol–water partition coefficient (Wildman–Crippen LogP) is 3.40. The minimum atomic E-state index is -0.272. The van der Waals surface area contributed by atoms with Gasteiger partial charge in [0.05, 0.1) is 0 Å². The van der Waals surface area contributed by atoms with Crippen molar-refractivity contribution in [3.63, 3.8) is 0 Å². The van der Waals surface area contributed by atoms with Crippen LogP contribution in [0.3, 0.4) is 0 Å². The second-order valence-corrected chi connectivity index (χ2v) is 4.54. The summed E-state index contributed by atoms with van der Waals surface area (Å²) in [4.78, 5) is 4.36. The first-order valence-electron chi connectivity index (χ1n) is 6.12. The molecule has 1 heterocycles. The third-order valence-electron chi connectivity index (χ3n) is 2.98. The molecule has 0 aliphatic rings. The second kappa shape index (κ2) is 5.36. The number of nitrogens with two attached hydrogens (primary N) is 1. The van der Waals surface area contributed by atoms with Crippen LogP contribution in [0.15, 0.2) is 24.3 Å². The van der Waals surface area contributed by atoms with Crippen LogP contribution in [0.4, 0.5) is 4.39 Å². The Morgan fingerprint density at radius 3 is 2.53 bits per heavy atom. The summed E-state index contributed by atoms with van der Waals surface area (Å²) in [5.74, 6) is 1.04. The van der Waals surface area contributed by atoms with Gasteiger partial charge in [0.25, 0.3) is 0 Å². The molecular weight excluding hydrogens is 243 g/mol. The van der Waals surface area contributed by atoms with E-state index in [4.69, 9.17) is 10.5 Å². The van der Waals surface area contributed by atoms with E-state index in [2.05, 4.69) is 4.98 Å². The average Bonchev–Trinajstić information content (AvgIpc) is 2.32. The molecule has 0 saturated heterocycles. The van der Waals surface area contributed by atoms with Crippen LogP contribution in [0.2, 0.25) is 0 Å². The summed E-state index contributed by atoms with van der Waals surface area (Å²) < 4.78 is 18.9. The molecule has 0 saturated carbocycles. The summed E-state index contributed by atoms with van der Waals surface area (Å²) in [5, 5.41) is 0. The summed E-state index contributed by atoms with van der Waals surface area (Å²) in [6, 6.07) is 6.29. The van der Waals surface area contributed by atoms with Crippen LogP contribution < -0.4 is 10.5 Å². The van der Waals surface area contributed by atoms with Gasteiger partial charge >= 0.3 is 0 Å². The Kier molecular flexibility index (Phi) is 3.81.